The average Bonchev–Trinajstić information content (AvgIpc) is 3.02. The molecule has 4 nitrogen and oxygen atoms in total. The Morgan fingerprint density at radius 3 is 2.66 bits per heavy atom. The van der Waals surface area contributed by atoms with E-state index >= 15 is 0 Å². The van der Waals surface area contributed by atoms with Crippen molar-refractivity contribution in [3.8, 4) is 0 Å². The number of esters is 1. The average molecular weight is 434 g/mol. The van der Waals surface area contributed by atoms with Crippen LogP contribution >= 0.6 is 23.1 Å². The molecule has 0 aromatic carbocycles. The Kier molecular flexibility index (Phi) is 6.64. The number of ketones is 1. The zero-order chi connectivity index (χ0) is 21.3. The summed E-state index contributed by atoms with van der Waals surface area (Å²) in [7, 11) is 0. The number of thiophene rings is 1. The fourth-order valence-electron chi connectivity index (χ4n) is 4.29. The monoisotopic (exact) mass is 433 g/mol. The smallest absolute Gasteiger partial charge is 0.336 e. The van der Waals surface area contributed by atoms with E-state index in [9.17, 15) is 9.59 Å². The predicted octanol–water partition coefficient (Wildman–Crippen LogP) is 5.59. The van der Waals surface area contributed by atoms with Gasteiger partial charge in [0, 0.05) is 28.3 Å². The first-order valence-electron chi connectivity index (χ1n) is 10.4. The lowest BCUT2D eigenvalue weighted by Crippen LogP contribution is -2.38. The van der Waals surface area contributed by atoms with Crippen molar-refractivity contribution < 1.29 is 14.3 Å². The zero-order valence-corrected chi connectivity index (χ0v) is 19.9. The van der Waals surface area contributed by atoms with Crippen LogP contribution in [-0.4, -0.2) is 24.1 Å². The number of rotatable bonds is 6. The van der Waals surface area contributed by atoms with Crippen LogP contribution in [0.4, 0.5) is 0 Å². The van der Waals surface area contributed by atoms with Crippen molar-refractivity contribution in [1.82, 2.24) is 5.32 Å². The summed E-state index contributed by atoms with van der Waals surface area (Å²) < 4.78 is 6.62. The van der Waals surface area contributed by atoms with Gasteiger partial charge < -0.3 is 10.1 Å². The maximum atomic E-state index is 13.3. The minimum Gasteiger partial charge on any atom is -0.463 e. The van der Waals surface area contributed by atoms with E-state index in [0.717, 1.165) is 41.1 Å². The first kappa shape index (κ1) is 22.2. The van der Waals surface area contributed by atoms with E-state index in [1.807, 2.05) is 13.8 Å². The van der Waals surface area contributed by atoms with Gasteiger partial charge in [-0.1, -0.05) is 27.7 Å². The van der Waals surface area contributed by atoms with Crippen molar-refractivity contribution in [1.29, 1.82) is 0 Å². The summed E-state index contributed by atoms with van der Waals surface area (Å²) in [6.45, 7) is 12.6. The summed E-state index contributed by atoms with van der Waals surface area (Å²) in [5, 5.41) is 3.40. The lowest BCUT2D eigenvalue weighted by Gasteiger charge is -2.39. The van der Waals surface area contributed by atoms with Crippen molar-refractivity contribution in [2.45, 2.75) is 70.9 Å². The Hall–Kier alpha value is -1.53. The van der Waals surface area contributed by atoms with E-state index in [1.165, 1.54) is 9.09 Å². The molecule has 0 amide bonds. The van der Waals surface area contributed by atoms with Gasteiger partial charge in [-0.15, -0.1) is 23.1 Å². The Labute approximate surface area is 182 Å². The first-order chi connectivity index (χ1) is 13.7. The number of allylic oxidation sites excluding steroid dienone is 3. The zero-order valence-electron chi connectivity index (χ0n) is 18.2. The molecule has 1 aliphatic carbocycles. The van der Waals surface area contributed by atoms with Crippen molar-refractivity contribution in [2.24, 2.45) is 5.41 Å². The van der Waals surface area contributed by atoms with Gasteiger partial charge in [0.1, 0.15) is 0 Å². The van der Waals surface area contributed by atoms with Crippen LogP contribution in [0.5, 0.6) is 0 Å². The molecule has 158 valence electrons. The highest BCUT2D eigenvalue weighted by molar-refractivity contribution is 8.01. The number of hydrogen-bond acceptors (Lipinski definition) is 6. The van der Waals surface area contributed by atoms with Gasteiger partial charge in [0.2, 0.25) is 0 Å². The second-order valence-corrected chi connectivity index (χ2v) is 11.1. The second kappa shape index (κ2) is 8.68. The van der Waals surface area contributed by atoms with Gasteiger partial charge in [-0.05, 0) is 49.5 Å². The van der Waals surface area contributed by atoms with Gasteiger partial charge in [0.25, 0.3) is 0 Å². The number of carbonyl (C=O) groups excluding carboxylic acids is 2. The highest BCUT2D eigenvalue weighted by Gasteiger charge is 2.44. The Bertz CT molecular complexity index is 892. The summed E-state index contributed by atoms with van der Waals surface area (Å²) in [5.74, 6) is 0.411. The molecule has 1 aliphatic heterocycles. The molecule has 2 aliphatic rings. The molecule has 0 saturated carbocycles. The molecule has 1 aromatic rings. The summed E-state index contributed by atoms with van der Waals surface area (Å²) in [6.07, 6.45) is 2.25. The van der Waals surface area contributed by atoms with E-state index < -0.39 is 0 Å². The number of Topliss-reactive ketones (excluding diaryl/α,β-unsaturated/α-hetero) is 1. The number of ether oxygens (including phenoxy) is 1. The molecule has 0 radical (unpaired) electrons. The Morgan fingerprint density at radius 1 is 1.31 bits per heavy atom. The van der Waals surface area contributed by atoms with Gasteiger partial charge in [-0.2, -0.15) is 0 Å². The van der Waals surface area contributed by atoms with Crippen molar-refractivity contribution in [3.05, 3.63) is 39.0 Å². The third-order valence-corrected chi connectivity index (χ3v) is 7.93. The quantitative estimate of drug-likeness (QED) is 0.468. The number of dihydropyridines is 1. The predicted molar refractivity (Wildman–Crippen MR) is 120 cm³/mol. The van der Waals surface area contributed by atoms with Crippen LogP contribution in [0.2, 0.25) is 0 Å². The standard InChI is InChI=1S/C23H31NO3S2/c1-7-14-10-15(22(29-14)28-9-3)19-18(21(26)27-8-2)13(4)24-16-11-23(5,6)12-17(25)20(16)19/h10,19,24H,7-9,11-12H2,1-6H3/t19-/m0/s1. The molecule has 2 heterocycles. The van der Waals surface area contributed by atoms with Gasteiger partial charge in [-0.25, -0.2) is 4.79 Å². The summed E-state index contributed by atoms with van der Waals surface area (Å²) in [5.41, 5.74) is 4.11. The van der Waals surface area contributed by atoms with E-state index in [-0.39, 0.29) is 23.1 Å². The van der Waals surface area contributed by atoms with Crippen LogP contribution in [-0.2, 0) is 20.7 Å². The molecule has 0 unspecified atom stereocenters. The fourth-order valence-corrected chi connectivity index (χ4v) is 6.66. The highest BCUT2D eigenvalue weighted by atomic mass is 32.2. The number of aryl methyl sites for hydroxylation is 1. The van der Waals surface area contributed by atoms with E-state index in [2.05, 4.69) is 39.1 Å². The van der Waals surface area contributed by atoms with Crippen LogP contribution in [0, 0.1) is 5.41 Å². The SMILES string of the molecule is CCOC(=O)C1=C(C)NC2=C(C(=O)CC(C)(C)C2)[C@H]1c1cc(CC)sc1SCC. The molecule has 3 rings (SSSR count). The molecule has 1 aromatic heterocycles. The lowest BCUT2D eigenvalue weighted by molar-refractivity contribution is -0.138. The van der Waals surface area contributed by atoms with Crippen LogP contribution in [0.15, 0.2) is 32.8 Å². The minimum atomic E-state index is -0.348. The van der Waals surface area contributed by atoms with Crippen LogP contribution in [0.1, 0.15) is 70.7 Å². The molecule has 0 spiro atoms. The Morgan fingerprint density at radius 2 is 2.03 bits per heavy atom. The van der Waals surface area contributed by atoms with E-state index in [4.69, 9.17) is 4.74 Å². The van der Waals surface area contributed by atoms with Crippen molar-refractivity contribution in [3.63, 3.8) is 0 Å². The lowest BCUT2D eigenvalue weighted by atomic mass is 9.69. The molecular weight excluding hydrogens is 402 g/mol. The topological polar surface area (TPSA) is 55.4 Å². The Balaban J connectivity index is 2.22. The van der Waals surface area contributed by atoms with Gasteiger partial charge in [-0.3, -0.25) is 4.79 Å². The van der Waals surface area contributed by atoms with E-state index in [1.54, 1.807) is 23.1 Å². The minimum absolute atomic E-state index is 0.0839. The van der Waals surface area contributed by atoms with Crippen molar-refractivity contribution >= 4 is 34.9 Å². The molecule has 29 heavy (non-hydrogen) atoms. The second-order valence-electron chi connectivity index (χ2n) is 8.39. The molecule has 0 bridgehead atoms. The van der Waals surface area contributed by atoms with Gasteiger partial charge in [0.15, 0.2) is 5.78 Å². The summed E-state index contributed by atoms with van der Waals surface area (Å²) in [6, 6.07) is 2.20. The molecular formula is C23H31NO3S2. The summed E-state index contributed by atoms with van der Waals surface area (Å²) >= 11 is 3.57. The molecule has 1 N–H and O–H groups in total. The molecule has 0 fully saturated rings. The molecule has 1 atom stereocenters. The fraction of sp³-hybridized carbons (Fsp3) is 0.565. The third-order valence-electron chi connectivity index (χ3n) is 5.45. The maximum Gasteiger partial charge on any atom is 0.336 e. The number of carbonyl (C=O) groups is 2. The van der Waals surface area contributed by atoms with Gasteiger partial charge >= 0.3 is 5.97 Å². The highest BCUT2D eigenvalue weighted by Crippen LogP contribution is 2.50. The summed E-state index contributed by atoms with van der Waals surface area (Å²) in [4.78, 5) is 27.6. The van der Waals surface area contributed by atoms with Crippen LogP contribution in [0.25, 0.3) is 0 Å². The van der Waals surface area contributed by atoms with E-state index in [0.29, 0.717) is 18.6 Å². The first-order valence-corrected chi connectivity index (χ1v) is 12.2. The molecule has 6 heteroatoms. The molecule has 0 saturated heterocycles. The van der Waals surface area contributed by atoms with Crippen LogP contribution < -0.4 is 5.32 Å². The normalized spacial score (nSPS) is 21.2. The third kappa shape index (κ3) is 4.33. The largest absolute Gasteiger partial charge is 0.463 e. The number of hydrogen-bond donors (Lipinski definition) is 1. The number of thioether (sulfide) groups is 1. The van der Waals surface area contributed by atoms with Crippen LogP contribution in [0.3, 0.4) is 0 Å². The van der Waals surface area contributed by atoms with Gasteiger partial charge in [0.05, 0.1) is 22.3 Å². The number of nitrogens with one attached hydrogen (secondary N) is 1. The van der Waals surface area contributed by atoms with Crippen molar-refractivity contribution in [2.75, 3.05) is 12.4 Å². The maximum absolute atomic E-state index is 13.3.